The second-order valence-electron chi connectivity index (χ2n) is 2.90. The van der Waals surface area contributed by atoms with Crippen molar-refractivity contribution in [1.82, 2.24) is 29.5 Å². The van der Waals surface area contributed by atoms with Gasteiger partial charge < -0.3 is 53.3 Å². The fraction of sp³-hybridized carbons (Fsp3) is 1.00. The zero-order valence-electron chi connectivity index (χ0n) is 11.6. The third kappa shape index (κ3) is 21.4. The summed E-state index contributed by atoms with van der Waals surface area (Å²) >= 11 is 0. The highest BCUT2D eigenvalue weighted by atomic mass is 31.2. The number of hydrogen-bond donors (Lipinski definition) is 4. The lowest BCUT2D eigenvalue weighted by atomic mass is 10.5. The summed E-state index contributed by atoms with van der Waals surface area (Å²) in [6.45, 7) is 1.76. The van der Waals surface area contributed by atoms with Gasteiger partial charge in [-0.15, -0.1) is 0 Å². The minimum Gasteiger partial charge on any atom is -0.810 e. The molecule has 0 bridgehead atoms. The minimum absolute atomic E-state index is 0. The maximum atomic E-state index is 10.3. The van der Waals surface area contributed by atoms with Crippen molar-refractivity contribution in [3.63, 3.8) is 0 Å². The smallest absolute Gasteiger partial charge is 0.0264 e. The molecular weight excluding hydrogens is 288 g/mol. The molecule has 0 heterocycles. The van der Waals surface area contributed by atoms with Crippen molar-refractivity contribution in [2.24, 2.45) is 0 Å². The van der Waals surface area contributed by atoms with Gasteiger partial charge in [0.1, 0.15) is 0 Å². The molecule has 0 fully saturated rings. The molecule has 0 aliphatic heterocycles. The van der Waals surface area contributed by atoms with Gasteiger partial charge in [0.2, 0.25) is 0 Å². The predicted octanol–water partition coefficient (Wildman–Crippen LogP) is -1.05. The molecule has 0 amide bonds. The third-order valence-electron chi connectivity index (χ3n) is 1.29. The van der Waals surface area contributed by atoms with Crippen LogP contribution in [0.1, 0.15) is 13.3 Å². The maximum absolute atomic E-state index is 10.3. The highest BCUT2D eigenvalue weighted by Gasteiger charge is 2.07. The van der Waals surface area contributed by atoms with E-state index in [-0.39, 0.29) is 31.1 Å². The highest BCUT2D eigenvalue weighted by Crippen LogP contribution is 2.30. The molecule has 118 valence electrons. The van der Waals surface area contributed by atoms with Crippen LogP contribution in [-0.2, 0) is 9.13 Å². The van der Waals surface area contributed by atoms with Crippen molar-refractivity contribution in [3.8, 4) is 0 Å². The molecule has 0 aliphatic rings. The second-order valence-corrected chi connectivity index (χ2v) is 5.91. The Balaban J connectivity index is -0.000000141. The first-order valence-corrected chi connectivity index (χ1v) is 7.34. The predicted molar refractivity (Wildman–Crippen MR) is 65.9 cm³/mol. The van der Waals surface area contributed by atoms with Crippen LogP contribution in [0.15, 0.2) is 0 Å². The van der Waals surface area contributed by atoms with E-state index in [0.717, 1.165) is 4.90 Å². The van der Waals surface area contributed by atoms with Crippen LogP contribution in [0.25, 0.3) is 0 Å². The van der Waals surface area contributed by atoms with Gasteiger partial charge in [0.05, 0.1) is 0 Å². The third-order valence-corrected chi connectivity index (χ3v) is 2.78. The molecule has 0 aromatic rings. The molecule has 0 atom stereocenters. The van der Waals surface area contributed by atoms with Gasteiger partial charge in [-0.3, -0.25) is 4.90 Å². The summed E-state index contributed by atoms with van der Waals surface area (Å²) in [6, 6.07) is 0. The first-order chi connectivity index (χ1) is 6.14. The van der Waals surface area contributed by atoms with E-state index in [1.165, 1.54) is 0 Å². The zero-order chi connectivity index (χ0) is 11.4. The Morgan fingerprint density at radius 3 is 1.28 bits per heavy atom. The zero-order valence-corrected chi connectivity index (χ0v) is 13.4. The largest absolute Gasteiger partial charge is 0.810 e. The van der Waals surface area contributed by atoms with Crippen molar-refractivity contribution >= 4 is 15.2 Å². The van der Waals surface area contributed by atoms with E-state index < -0.39 is 27.8 Å². The number of hydrogen-bond acceptors (Lipinski definition) is 7. The minimum atomic E-state index is -4.81. The van der Waals surface area contributed by atoms with Crippen molar-refractivity contribution in [3.05, 3.63) is 0 Å². The lowest BCUT2D eigenvalue weighted by Crippen LogP contribution is -2.36. The number of nitrogens with zero attached hydrogens (tertiary/aromatic N) is 1. The van der Waals surface area contributed by atoms with E-state index in [2.05, 4.69) is 0 Å². The normalized spacial score (nSPS) is 10.6. The van der Waals surface area contributed by atoms with Gasteiger partial charge >= 0.3 is 0 Å². The summed E-state index contributed by atoms with van der Waals surface area (Å²) in [5, 5.41) is 0. The molecule has 18 heavy (non-hydrogen) atoms. The molecule has 11 nitrogen and oxygen atoms in total. The molecular formula is C5H27N5O6P2. The van der Waals surface area contributed by atoms with Crippen LogP contribution in [0.2, 0.25) is 0 Å². The summed E-state index contributed by atoms with van der Waals surface area (Å²) in [7, 11) is -9.62. The van der Waals surface area contributed by atoms with Gasteiger partial charge in [-0.25, -0.2) is 0 Å². The maximum Gasteiger partial charge on any atom is 0.0264 e. The van der Waals surface area contributed by atoms with Crippen molar-refractivity contribution in [2.75, 3.05) is 19.1 Å². The van der Waals surface area contributed by atoms with Gasteiger partial charge in [-0.05, 0) is 13.0 Å². The van der Waals surface area contributed by atoms with E-state index in [1.54, 1.807) is 6.92 Å². The summed E-state index contributed by atoms with van der Waals surface area (Å²) in [5.41, 5.74) is 0. The van der Waals surface area contributed by atoms with Crippen molar-refractivity contribution in [1.29, 1.82) is 0 Å². The van der Waals surface area contributed by atoms with Gasteiger partial charge in [0.25, 0.3) is 0 Å². The molecule has 0 radical (unpaired) electrons. The summed E-state index contributed by atoms with van der Waals surface area (Å²) in [6.07, 6.45) is -1.38. The molecule has 0 saturated carbocycles. The van der Waals surface area contributed by atoms with E-state index in [4.69, 9.17) is 0 Å². The van der Waals surface area contributed by atoms with Crippen LogP contribution in [0, 0.1) is 0 Å². The van der Waals surface area contributed by atoms with Crippen LogP contribution in [0.3, 0.4) is 0 Å². The Labute approximate surface area is 107 Å². The summed E-state index contributed by atoms with van der Waals surface area (Å²) in [4.78, 5) is 42.2. The molecule has 0 unspecified atom stereocenters. The Morgan fingerprint density at radius 1 is 0.833 bits per heavy atom. The van der Waals surface area contributed by atoms with Crippen molar-refractivity contribution in [2.45, 2.75) is 13.3 Å². The monoisotopic (exact) mass is 315 g/mol. The van der Waals surface area contributed by atoms with Crippen LogP contribution in [0.5, 0.6) is 0 Å². The van der Waals surface area contributed by atoms with Crippen molar-refractivity contribution < 1.29 is 28.7 Å². The summed E-state index contributed by atoms with van der Waals surface area (Å²) < 4.78 is 20.7. The van der Waals surface area contributed by atoms with E-state index in [0.29, 0.717) is 6.42 Å². The SMILES string of the molecule is CCCN(CP(=O)([O-])[O-])CP(=O)([O-])[O-].[NH4+].[NH4+].[NH4+].[NH4+]. The molecule has 0 aromatic heterocycles. The molecule has 0 saturated heterocycles. The van der Waals surface area contributed by atoms with Gasteiger partial charge in [-0.2, -0.15) is 0 Å². The lowest BCUT2D eigenvalue weighted by molar-refractivity contribution is -0.318. The number of rotatable bonds is 6. The Kier molecular flexibility index (Phi) is 20.8. The fourth-order valence-corrected chi connectivity index (χ4v) is 2.61. The highest BCUT2D eigenvalue weighted by molar-refractivity contribution is 7.49. The van der Waals surface area contributed by atoms with Crippen LogP contribution < -0.4 is 44.2 Å². The molecule has 0 aliphatic carbocycles. The second kappa shape index (κ2) is 12.2. The molecule has 13 heteroatoms. The van der Waals surface area contributed by atoms with E-state index in [9.17, 15) is 28.7 Å². The molecule has 0 aromatic carbocycles. The average molecular weight is 315 g/mol. The first kappa shape index (κ1) is 30.8. The van der Waals surface area contributed by atoms with Gasteiger partial charge in [-0.1, -0.05) is 22.1 Å². The Bertz CT molecular complexity index is 243. The van der Waals surface area contributed by atoms with E-state index >= 15 is 0 Å². The van der Waals surface area contributed by atoms with E-state index in [1.807, 2.05) is 0 Å². The van der Waals surface area contributed by atoms with Crippen LogP contribution in [0.4, 0.5) is 0 Å². The number of quaternary nitrogens is 4. The fourth-order valence-electron chi connectivity index (χ4n) is 0.992. The lowest BCUT2D eigenvalue weighted by Gasteiger charge is -2.40. The Hall–Kier alpha value is 0.100. The van der Waals surface area contributed by atoms with Gasteiger partial charge in [0, 0.05) is 12.6 Å². The Morgan fingerprint density at radius 2 is 1.11 bits per heavy atom. The quantitative estimate of drug-likeness (QED) is 0.440. The molecule has 0 spiro atoms. The van der Waals surface area contributed by atoms with Gasteiger partial charge in [0.15, 0.2) is 0 Å². The average Bonchev–Trinajstić information content (AvgIpc) is 1.78. The standard InChI is InChI=1S/C5H15NO6P2.4H3N/c1-2-3-6(4-13(7,8)9)5-14(10,11)12;;;;/h2-5H2,1H3,(H2,7,8,9)(H2,10,11,12);4*1H3. The van der Waals surface area contributed by atoms with Crippen LogP contribution >= 0.6 is 15.2 Å². The topological polar surface area (TPSA) is 276 Å². The summed E-state index contributed by atoms with van der Waals surface area (Å²) in [5.74, 6) is 0. The first-order valence-electron chi connectivity index (χ1n) is 3.88. The molecule has 0 rings (SSSR count). The van der Waals surface area contributed by atoms with Crippen LogP contribution in [-0.4, -0.2) is 24.0 Å². The molecule has 16 N–H and O–H groups in total.